The molecular formula is C18H22O8. The van der Waals surface area contributed by atoms with E-state index < -0.39 is 42.3 Å². The maximum absolute atomic E-state index is 11.6. The van der Waals surface area contributed by atoms with E-state index in [0.717, 1.165) is 0 Å². The van der Waals surface area contributed by atoms with Crippen LogP contribution in [0.2, 0.25) is 0 Å². The molecule has 1 aliphatic rings. The first kappa shape index (κ1) is 19.7. The number of methoxy groups -OCH3 is 1. The number of hydrogen-bond donors (Lipinski definition) is 0. The van der Waals surface area contributed by atoms with Gasteiger partial charge >= 0.3 is 17.9 Å². The van der Waals surface area contributed by atoms with E-state index in [-0.39, 0.29) is 6.61 Å². The van der Waals surface area contributed by atoms with Gasteiger partial charge in [0, 0.05) is 20.8 Å². The minimum Gasteiger partial charge on any atom is -0.497 e. The van der Waals surface area contributed by atoms with Gasteiger partial charge in [-0.2, -0.15) is 0 Å². The predicted octanol–water partition coefficient (Wildman–Crippen LogP) is 1.56. The number of esters is 3. The maximum atomic E-state index is 11.6. The molecule has 0 N–H and O–H groups in total. The summed E-state index contributed by atoms with van der Waals surface area (Å²) in [6.45, 7) is 3.63. The SMILES string of the molecule is COc1cccc(C2O[C@H](COC(C)=O)[C@@H](OC(C)=O)[C@H]2OC(C)=O)c1. The van der Waals surface area contributed by atoms with Gasteiger partial charge in [0.25, 0.3) is 0 Å². The lowest BCUT2D eigenvalue weighted by atomic mass is 10.0. The Morgan fingerprint density at radius 1 is 1.00 bits per heavy atom. The third-order valence-corrected chi connectivity index (χ3v) is 3.79. The second-order valence-electron chi connectivity index (χ2n) is 5.82. The highest BCUT2D eigenvalue weighted by Gasteiger charge is 2.50. The quantitative estimate of drug-likeness (QED) is 0.553. The first-order valence-electron chi connectivity index (χ1n) is 8.09. The minimum atomic E-state index is -0.910. The highest BCUT2D eigenvalue weighted by Crippen LogP contribution is 2.38. The molecule has 8 nitrogen and oxygen atoms in total. The molecule has 2 rings (SSSR count). The molecule has 1 aromatic rings. The first-order chi connectivity index (χ1) is 12.3. The van der Waals surface area contributed by atoms with Crippen LogP contribution in [0.1, 0.15) is 32.4 Å². The highest BCUT2D eigenvalue weighted by molar-refractivity contribution is 5.68. The zero-order valence-electron chi connectivity index (χ0n) is 15.1. The van der Waals surface area contributed by atoms with Crippen LogP contribution in [0.15, 0.2) is 24.3 Å². The summed E-state index contributed by atoms with van der Waals surface area (Å²) in [5.74, 6) is -1.00. The van der Waals surface area contributed by atoms with E-state index in [9.17, 15) is 14.4 Å². The van der Waals surface area contributed by atoms with Gasteiger partial charge in [-0.25, -0.2) is 0 Å². The summed E-state index contributed by atoms with van der Waals surface area (Å²) in [5, 5.41) is 0. The van der Waals surface area contributed by atoms with Crippen molar-refractivity contribution < 1.29 is 38.1 Å². The molecule has 1 aliphatic heterocycles. The first-order valence-corrected chi connectivity index (χ1v) is 8.09. The molecule has 0 bridgehead atoms. The topological polar surface area (TPSA) is 97.4 Å². The van der Waals surface area contributed by atoms with Crippen LogP contribution in [0.3, 0.4) is 0 Å². The van der Waals surface area contributed by atoms with Crippen molar-refractivity contribution in [1.29, 1.82) is 0 Å². The predicted molar refractivity (Wildman–Crippen MR) is 88.3 cm³/mol. The molecule has 0 spiro atoms. The van der Waals surface area contributed by atoms with Crippen LogP contribution in [-0.2, 0) is 33.3 Å². The molecule has 1 fully saturated rings. The van der Waals surface area contributed by atoms with Gasteiger partial charge in [-0.05, 0) is 17.7 Å². The van der Waals surface area contributed by atoms with Crippen molar-refractivity contribution in [2.45, 2.75) is 45.2 Å². The number of rotatable bonds is 6. The van der Waals surface area contributed by atoms with Gasteiger partial charge < -0.3 is 23.7 Å². The monoisotopic (exact) mass is 366 g/mol. The van der Waals surface area contributed by atoms with Crippen molar-refractivity contribution >= 4 is 17.9 Å². The van der Waals surface area contributed by atoms with Crippen LogP contribution in [0.5, 0.6) is 5.75 Å². The second-order valence-corrected chi connectivity index (χ2v) is 5.82. The highest BCUT2D eigenvalue weighted by atomic mass is 16.6. The molecule has 142 valence electrons. The summed E-state index contributed by atoms with van der Waals surface area (Å²) in [4.78, 5) is 34.2. The molecule has 0 amide bonds. The molecule has 8 heteroatoms. The fourth-order valence-electron chi connectivity index (χ4n) is 2.80. The Morgan fingerprint density at radius 2 is 1.65 bits per heavy atom. The average molecular weight is 366 g/mol. The summed E-state index contributed by atoms with van der Waals surface area (Å²) in [6.07, 6.45) is -3.28. The Kier molecular flexibility index (Phi) is 6.57. The molecule has 1 unspecified atom stereocenters. The molecule has 4 atom stereocenters. The van der Waals surface area contributed by atoms with Gasteiger partial charge in [-0.3, -0.25) is 14.4 Å². The third-order valence-electron chi connectivity index (χ3n) is 3.79. The Balaban J connectivity index is 2.35. The Morgan fingerprint density at radius 3 is 2.23 bits per heavy atom. The van der Waals surface area contributed by atoms with Crippen molar-refractivity contribution in [3.8, 4) is 5.75 Å². The van der Waals surface area contributed by atoms with E-state index in [1.54, 1.807) is 24.3 Å². The Bertz CT molecular complexity index is 671. The molecule has 26 heavy (non-hydrogen) atoms. The van der Waals surface area contributed by atoms with E-state index in [4.69, 9.17) is 23.7 Å². The molecule has 1 saturated heterocycles. The second kappa shape index (κ2) is 8.66. The van der Waals surface area contributed by atoms with Crippen LogP contribution in [-0.4, -0.2) is 49.9 Å². The molecule has 0 aromatic heterocycles. The van der Waals surface area contributed by atoms with Crippen molar-refractivity contribution in [3.63, 3.8) is 0 Å². The van der Waals surface area contributed by atoms with Crippen LogP contribution < -0.4 is 4.74 Å². The lowest BCUT2D eigenvalue weighted by Gasteiger charge is -2.23. The molecule has 0 aliphatic carbocycles. The normalized spacial score (nSPS) is 24.6. The van der Waals surface area contributed by atoms with Crippen LogP contribution in [0.25, 0.3) is 0 Å². The third kappa shape index (κ3) is 4.95. The Hall–Kier alpha value is -2.61. The molecule has 0 saturated carbocycles. The summed E-state index contributed by atoms with van der Waals surface area (Å²) < 4.78 is 26.8. The maximum Gasteiger partial charge on any atom is 0.303 e. The van der Waals surface area contributed by atoms with E-state index in [1.165, 1.54) is 27.9 Å². The largest absolute Gasteiger partial charge is 0.497 e. The summed E-state index contributed by atoms with van der Waals surface area (Å²) >= 11 is 0. The number of carbonyl (C=O) groups excluding carboxylic acids is 3. The van der Waals surface area contributed by atoms with Gasteiger partial charge in [0.15, 0.2) is 12.2 Å². The van der Waals surface area contributed by atoms with Gasteiger partial charge in [0.05, 0.1) is 7.11 Å². The zero-order valence-corrected chi connectivity index (χ0v) is 15.1. The minimum absolute atomic E-state index is 0.133. The fraction of sp³-hybridized carbons (Fsp3) is 0.500. The van der Waals surface area contributed by atoms with E-state index in [1.807, 2.05) is 0 Å². The van der Waals surface area contributed by atoms with E-state index in [0.29, 0.717) is 11.3 Å². The molecule has 0 radical (unpaired) electrons. The van der Waals surface area contributed by atoms with E-state index in [2.05, 4.69) is 0 Å². The number of ether oxygens (including phenoxy) is 5. The molecule has 1 aromatic carbocycles. The standard InChI is InChI=1S/C18H22O8/c1-10(19)23-9-15-17(24-11(2)20)18(25-12(3)21)16(26-15)13-6-5-7-14(8-13)22-4/h5-8,15-18H,9H2,1-4H3/t15-,16?,17-,18+/m1/s1. The van der Waals surface area contributed by atoms with Crippen LogP contribution in [0.4, 0.5) is 0 Å². The number of benzene rings is 1. The summed E-state index contributed by atoms with van der Waals surface area (Å²) in [7, 11) is 1.53. The lowest BCUT2D eigenvalue weighted by molar-refractivity contribution is -0.165. The number of carbonyl (C=O) groups is 3. The number of hydrogen-bond acceptors (Lipinski definition) is 8. The lowest BCUT2D eigenvalue weighted by Crippen LogP contribution is -2.40. The molecule has 1 heterocycles. The summed E-state index contributed by atoms with van der Waals surface area (Å²) in [5.41, 5.74) is 0.679. The van der Waals surface area contributed by atoms with Crippen molar-refractivity contribution in [2.24, 2.45) is 0 Å². The zero-order chi connectivity index (χ0) is 19.3. The fourth-order valence-corrected chi connectivity index (χ4v) is 2.80. The van der Waals surface area contributed by atoms with Crippen LogP contribution in [0, 0.1) is 0 Å². The van der Waals surface area contributed by atoms with Crippen molar-refractivity contribution in [3.05, 3.63) is 29.8 Å². The Labute approximate surface area is 151 Å². The van der Waals surface area contributed by atoms with Crippen LogP contribution >= 0.6 is 0 Å². The van der Waals surface area contributed by atoms with E-state index >= 15 is 0 Å². The summed E-state index contributed by atoms with van der Waals surface area (Å²) in [6, 6.07) is 7.05. The van der Waals surface area contributed by atoms with Gasteiger partial charge in [0.2, 0.25) is 0 Å². The van der Waals surface area contributed by atoms with Crippen molar-refractivity contribution in [2.75, 3.05) is 13.7 Å². The van der Waals surface area contributed by atoms with Gasteiger partial charge in [0.1, 0.15) is 24.6 Å². The van der Waals surface area contributed by atoms with Gasteiger partial charge in [-0.1, -0.05) is 12.1 Å². The van der Waals surface area contributed by atoms with Crippen molar-refractivity contribution in [1.82, 2.24) is 0 Å². The smallest absolute Gasteiger partial charge is 0.303 e. The van der Waals surface area contributed by atoms with Gasteiger partial charge in [-0.15, -0.1) is 0 Å². The molecular weight excluding hydrogens is 344 g/mol. The average Bonchev–Trinajstić information content (AvgIpc) is 2.89.